The van der Waals surface area contributed by atoms with Crippen molar-refractivity contribution in [1.29, 1.82) is 0 Å². The van der Waals surface area contributed by atoms with Gasteiger partial charge in [0.05, 0.1) is 12.2 Å². The van der Waals surface area contributed by atoms with E-state index in [1.165, 1.54) is 0 Å². The van der Waals surface area contributed by atoms with Crippen LogP contribution in [-0.4, -0.2) is 34.5 Å². The highest BCUT2D eigenvalue weighted by Gasteiger charge is 2.45. The molecule has 2 saturated heterocycles. The smallest absolute Gasteiger partial charge is 0.0967 e. The molecule has 2 aliphatic heterocycles. The van der Waals surface area contributed by atoms with Crippen LogP contribution in [0.4, 0.5) is 0 Å². The highest BCUT2D eigenvalue weighted by molar-refractivity contribution is 5.85. The van der Waals surface area contributed by atoms with Crippen LogP contribution in [0.3, 0.4) is 0 Å². The van der Waals surface area contributed by atoms with Crippen LogP contribution in [0.2, 0.25) is 0 Å². The van der Waals surface area contributed by atoms with Gasteiger partial charge in [0.1, 0.15) is 0 Å². The molecule has 4 atom stereocenters. The van der Waals surface area contributed by atoms with Gasteiger partial charge in [-0.15, -0.1) is 12.4 Å². The second-order valence-electron chi connectivity index (χ2n) is 2.94. The minimum Gasteiger partial charge on any atom is -0.389 e. The molecular weight excluding hydrogens is 154 g/mol. The summed E-state index contributed by atoms with van der Waals surface area (Å²) in [5, 5.41) is 21.5. The Bertz CT molecular complexity index is 115. The van der Waals surface area contributed by atoms with Gasteiger partial charge in [-0.3, -0.25) is 0 Å². The molecule has 2 heterocycles. The van der Waals surface area contributed by atoms with Crippen molar-refractivity contribution in [3.63, 3.8) is 0 Å². The molecule has 0 radical (unpaired) electrons. The van der Waals surface area contributed by atoms with Crippen LogP contribution in [0, 0.1) is 0 Å². The normalized spacial score (nSPS) is 51.0. The first-order chi connectivity index (χ1) is 4.29. The topological polar surface area (TPSA) is 52.5 Å². The van der Waals surface area contributed by atoms with Crippen LogP contribution in [0.5, 0.6) is 0 Å². The molecular formula is C6H12ClNO2. The van der Waals surface area contributed by atoms with Crippen molar-refractivity contribution in [2.75, 3.05) is 0 Å². The highest BCUT2D eigenvalue weighted by Crippen LogP contribution is 2.28. The van der Waals surface area contributed by atoms with Crippen molar-refractivity contribution < 1.29 is 10.2 Å². The second-order valence-corrected chi connectivity index (χ2v) is 2.94. The summed E-state index contributed by atoms with van der Waals surface area (Å²) in [6.07, 6.45) is 1.01. The van der Waals surface area contributed by atoms with E-state index in [2.05, 4.69) is 5.32 Å². The van der Waals surface area contributed by atoms with Gasteiger partial charge in [-0.25, -0.2) is 0 Å². The maximum Gasteiger partial charge on any atom is 0.0967 e. The molecule has 10 heavy (non-hydrogen) atoms. The Balaban J connectivity index is 0.000000500. The predicted octanol–water partition coefficient (Wildman–Crippen LogP) is -0.736. The lowest BCUT2D eigenvalue weighted by atomic mass is 9.95. The van der Waals surface area contributed by atoms with Gasteiger partial charge in [-0.2, -0.15) is 0 Å². The van der Waals surface area contributed by atoms with Gasteiger partial charge in [0, 0.05) is 12.1 Å². The first kappa shape index (κ1) is 8.27. The molecule has 0 spiro atoms. The van der Waals surface area contributed by atoms with E-state index in [9.17, 15) is 10.2 Å². The Morgan fingerprint density at radius 3 is 1.60 bits per heavy atom. The fraction of sp³-hybridized carbons (Fsp3) is 1.00. The molecule has 60 valence electrons. The summed E-state index contributed by atoms with van der Waals surface area (Å²) in [7, 11) is 0. The van der Waals surface area contributed by atoms with E-state index in [1.807, 2.05) is 0 Å². The number of hydrogen-bond acceptors (Lipinski definition) is 3. The minimum absolute atomic E-state index is 0. The van der Waals surface area contributed by atoms with E-state index in [1.54, 1.807) is 0 Å². The molecule has 0 aromatic heterocycles. The van der Waals surface area contributed by atoms with E-state index in [0.29, 0.717) is 0 Å². The Morgan fingerprint density at radius 1 is 1.00 bits per heavy atom. The van der Waals surface area contributed by atoms with E-state index in [4.69, 9.17) is 0 Å². The minimum atomic E-state index is -0.510. The summed E-state index contributed by atoms with van der Waals surface area (Å²) < 4.78 is 0. The van der Waals surface area contributed by atoms with Crippen LogP contribution >= 0.6 is 12.4 Å². The van der Waals surface area contributed by atoms with Gasteiger partial charge in [0.2, 0.25) is 0 Å². The largest absolute Gasteiger partial charge is 0.389 e. The van der Waals surface area contributed by atoms with Gasteiger partial charge in [0.25, 0.3) is 0 Å². The molecule has 0 amide bonds. The third-order valence-corrected chi connectivity index (χ3v) is 2.39. The van der Waals surface area contributed by atoms with Crippen molar-refractivity contribution in [3.05, 3.63) is 0 Å². The van der Waals surface area contributed by atoms with E-state index >= 15 is 0 Å². The maximum absolute atomic E-state index is 9.18. The zero-order chi connectivity index (χ0) is 6.43. The molecule has 4 heteroatoms. The van der Waals surface area contributed by atoms with Crippen molar-refractivity contribution in [2.24, 2.45) is 0 Å². The molecule has 2 bridgehead atoms. The molecule has 2 aliphatic rings. The number of rotatable bonds is 0. The zero-order valence-electron chi connectivity index (χ0n) is 5.53. The molecule has 3 nitrogen and oxygen atoms in total. The summed E-state index contributed by atoms with van der Waals surface area (Å²) in [5.41, 5.74) is 0. The quantitative estimate of drug-likeness (QED) is 0.444. The van der Waals surface area contributed by atoms with Crippen LogP contribution < -0.4 is 5.32 Å². The first-order valence-corrected chi connectivity index (χ1v) is 3.41. The van der Waals surface area contributed by atoms with E-state index in [0.717, 1.165) is 12.8 Å². The fourth-order valence-electron chi connectivity index (χ4n) is 1.82. The third-order valence-electron chi connectivity index (χ3n) is 2.39. The fourth-order valence-corrected chi connectivity index (χ4v) is 1.82. The number of aliphatic hydroxyl groups is 2. The van der Waals surface area contributed by atoms with Crippen LogP contribution in [-0.2, 0) is 0 Å². The zero-order valence-corrected chi connectivity index (χ0v) is 6.34. The molecule has 0 aromatic rings. The molecule has 0 aromatic carbocycles. The Morgan fingerprint density at radius 2 is 1.40 bits per heavy atom. The Kier molecular flexibility index (Phi) is 2.20. The van der Waals surface area contributed by atoms with E-state index in [-0.39, 0.29) is 24.5 Å². The number of hydrogen-bond donors (Lipinski definition) is 3. The molecule has 0 saturated carbocycles. The van der Waals surface area contributed by atoms with Gasteiger partial charge in [-0.1, -0.05) is 0 Å². The first-order valence-electron chi connectivity index (χ1n) is 3.41. The number of nitrogens with one attached hydrogen (secondary N) is 1. The number of aliphatic hydroxyl groups excluding tert-OH is 2. The summed E-state index contributed by atoms with van der Waals surface area (Å²) in [6, 6.07) is 0.343. The van der Waals surface area contributed by atoms with Gasteiger partial charge in [-0.05, 0) is 12.8 Å². The maximum atomic E-state index is 9.18. The second kappa shape index (κ2) is 2.66. The van der Waals surface area contributed by atoms with Crippen LogP contribution in [0.25, 0.3) is 0 Å². The van der Waals surface area contributed by atoms with Crippen molar-refractivity contribution in [3.8, 4) is 0 Å². The van der Waals surface area contributed by atoms with Crippen LogP contribution in [0.1, 0.15) is 12.8 Å². The molecule has 0 aliphatic carbocycles. The summed E-state index contributed by atoms with van der Waals surface area (Å²) in [4.78, 5) is 0. The van der Waals surface area contributed by atoms with E-state index < -0.39 is 12.2 Å². The highest BCUT2D eigenvalue weighted by atomic mass is 35.5. The van der Waals surface area contributed by atoms with Gasteiger partial charge in [0.15, 0.2) is 0 Å². The summed E-state index contributed by atoms with van der Waals surface area (Å²) in [5.74, 6) is 0. The molecule has 0 unspecified atom stereocenters. The molecule has 3 N–H and O–H groups in total. The number of halogens is 1. The van der Waals surface area contributed by atoms with Gasteiger partial charge >= 0.3 is 0 Å². The lowest BCUT2D eigenvalue weighted by molar-refractivity contribution is 0.0123. The van der Waals surface area contributed by atoms with Gasteiger partial charge < -0.3 is 15.5 Å². The molecule has 2 rings (SSSR count). The van der Waals surface area contributed by atoms with Crippen LogP contribution in [0.15, 0.2) is 0 Å². The standard InChI is InChI=1S/C6H11NO2.ClH/c8-5-3-1-2-4(7-3)6(5)9;/h3-9H,1-2H2;1H/t3-,4+,5-,6+;. The number of fused-ring (bicyclic) bond motifs is 2. The van der Waals surface area contributed by atoms with Crippen molar-refractivity contribution in [2.45, 2.75) is 37.1 Å². The monoisotopic (exact) mass is 165 g/mol. The SMILES string of the molecule is Cl.O[C@@H]1[C@H](O)[C@H]2CC[C@@H]1N2. The molecule has 2 fully saturated rings. The third kappa shape index (κ3) is 0.937. The predicted molar refractivity (Wildman–Crippen MR) is 39.2 cm³/mol. The average molecular weight is 166 g/mol. The van der Waals surface area contributed by atoms with Crippen molar-refractivity contribution >= 4 is 12.4 Å². The lowest BCUT2D eigenvalue weighted by Crippen LogP contribution is -2.36. The summed E-state index contributed by atoms with van der Waals surface area (Å²) in [6.45, 7) is 0. The lowest BCUT2D eigenvalue weighted by Gasteiger charge is -2.19. The average Bonchev–Trinajstić information content (AvgIpc) is 2.37. The summed E-state index contributed by atoms with van der Waals surface area (Å²) >= 11 is 0. The Labute approximate surface area is 65.8 Å². The Hall–Kier alpha value is 0.170. The van der Waals surface area contributed by atoms with Crippen molar-refractivity contribution in [1.82, 2.24) is 5.32 Å².